The Balaban J connectivity index is 2.31. The smallest absolute Gasteiger partial charge is 0.354 e. The number of carbonyl (C=O) groups excluding carboxylic acids is 6. The van der Waals surface area contributed by atoms with Gasteiger partial charge in [-0.25, -0.2) is 9.59 Å². The lowest BCUT2D eigenvalue weighted by molar-refractivity contribution is -0.134. The highest BCUT2D eigenvalue weighted by molar-refractivity contribution is 6.14. The Morgan fingerprint density at radius 1 is 0.571 bits per heavy atom. The molecule has 0 aliphatic rings. The Hall–Kier alpha value is -5.66. The molecule has 14 nitrogen and oxygen atoms in total. The van der Waals surface area contributed by atoms with Crippen molar-refractivity contribution in [3.63, 3.8) is 0 Å². The summed E-state index contributed by atoms with van der Waals surface area (Å²) in [6.07, 6.45) is 0. The number of H-pyrrole nitrogens is 2. The van der Waals surface area contributed by atoms with E-state index in [1.54, 1.807) is 0 Å². The number of benzene rings is 2. The first-order chi connectivity index (χ1) is 19.8. The van der Waals surface area contributed by atoms with Crippen LogP contribution in [-0.2, 0) is 28.7 Å². The zero-order valence-electron chi connectivity index (χ0n) is 23.2. The molecule has 0 fully saturated rings. The largest absolute Gasteiger partial charge is 0.464 e. The Kier molecular flexibility index (Phi) is 7.99. The lowest BCUT2D eigenvalue weighted by Crippen LogP contribution is -2.11. The fourth-order valence-corrected chi connectivity index (χ4v) is 4.35. The van der Waals surface area contributed by atoms with Gasteiger partial charge in [0, 0.05) is 50.1 Å². The quantitative estimate of drug-likeness (QED) is 0.239. The van der Waals surface area contributed by atoms with Crippen LogP contribution in [0.3, 0.4) is 0 Å². The van der Waals surface area contributed by atoms with Crippen LogP contribution in [0, 0.1) is 0 Å². The van der Waals surface area contributed by atoms with Gasteiger partial charge in [0.2, 0.25) is 0 Å². The van der Waals surface area contributed by atoms with Crippen LogP contribution in [0.4, 0.5) is 0 Å². The van der Waals surface area contributed by atoms with Gasteiger partial charge in [-0.2, -0.15) is 0 Å². The number of nitrogens with one attached hydrogen (secondary N) is 2. The van der Waals surface area contributed by atoms with Crippen molar-refractivity contribution in [3.05, 3.63) is 35.7 Å². The highest BCUT2D eigenvalue weighted by atomic mass is 16.6. The van der Waals surface area contributed by atoms with Crippen molar-refractivity contribution in [1.29, 1.82) is 0 Å². The van der Waals surface area contributed by atoms with Crippen molar-refractivity contribution >= 4 is 57.6 Å². The van der Waals surface area contributed by atoms with Gasteiger partial charge in [0.25, 0.3) is 0 Å². The third-order valence-electron chi connectivity index (χ3n) is 5.74. The van der Waals surface area contributed by atoms with Crippen molar-refractivity contribution in [3.8, 4) is 34.1 Å². The predicted molar refractivity (Wildman–Crippen MR) is 144 cm³/mol. The van der Waals surface area contributed by atoms with Gasteiger partial charge in [0.15, 0.2) is 23.0 Å². The van der Waals surface area contributed by atoms with E-state index in [1.807, 2.05) is 0 Å². The van der Waals surface area contributed by atoms with Crippen LogP contribution in [-0.4, -0.2) is 60.0 Å². The summed E-state index contributed by atoms with van der Waals surface area (Å²) < 4.78 is 31.5. The molecule has 14 heteroatoms. The Morgan fingerprint density at radius 3 is 1.55 bits per heavy atom. The standard InChI is InChI=1S/C28H24N2O12/c1-11(31)39-20-8-15-7-18(27(35)37-5)30-24(15)23(26(20)42-14(4)34)22-16-9-19(28(36)38-6)29-17(16)10-21(40-12(2)32)25(22)41-13(3)33/h7-10,29-30H,1-6H3. The second-order valence-electron chi connectivity index (χ2n) is 8.81. The second kappa shape index (κ2) is 11.4. The number of fused-ring (bicyclic) bond motifs is 2. The van der Waals surface area contributed by atoms with Crippen LogP contribution in [0.25, 0.3) is 32.9 Å². The molecule has 0 bridgehead atoms. The molecule has 0 spiro atoms. The number of hydrogen-bond donors (Lipinski definition) is 2. The number of aromatic amines is 2. The molecule has 2 N–H and O–H groups in total. The number of esters is 6. The third kappa shape index (κ3) is 5.63. The molecule has 4 rings (SSSR count). The summed E-state index contributed by atoms with van der Waals surface area (Å²) in [7, 11) is 2.34. The molecule has 0 saturated carbocycles. The summed E-state index contributed by atoms with van der Waals surface area (Å²) in [5.74, 6) is -5.83. The molecule has 42 heavy (non-hydrogen) atoms. The first-order valence-corrected chi connectivity index (χ1v) is 12.1. The lowest BCUT2D eigenvalue weighted by atomic mass is 9.96. The van der Waals surface area contributed by atoms with Gasteiger partial charge in [-0.05, 0) is 18.2 Å². The molecular formula is C28H24N2O12. The number of carbonyl (C=O) groups is 6. The zero-order chi connectivity index (χ0) is 30.9. The van der Waals surface area contributed by atoms with E-state index < -0.39 is 35.8 Å². The van der Waals surface area contributed by atoms with E-state index in [0.29, 0.717) is 0 Å². The molecule has 0 atom stereocenters. The van der Waals surface area contributed by atoms with Gasteiger partial charge in [0.1, 0.15) is 11.4 Å². The van der Waals surface area contributed by atoms with Crippen LogP contribution in [0.1, 0.15) is 48.7 Å². The van der Waals surface area contributed by atoms with Crippen LogP contribution < -0.4 is 18.9 Å². The van der Waals surface area contributed by atoms with E-state index in [-0.39, 0.29) is 67.3 Å². The summed E-state index contributed by atoms with van der Waals surface area (Å²) in [4.78, 5) is 79.5. The number of hydrogen-bond acceptors (Lipinski definition) is 12. The highest BCUT2D eigenvalue weighted by Gasteiger charge is 2.31. The van der Waals surface area contributed by atoms with Crippen LogP contribution in [0.5, 0.6) is 23.0 Å². The molecule has 0 saturated heterocycles. The third-order valence-corrected chi connectivity index (χ3v) is 5.74. The molecule has 2 aromatic carbocycles. The average Bonchev–Trinajstić information content (AvgIpc) is 3.52. The maximum atomic E-state index is 12.5. The molecule has 2 heterocycles. The summed E-state index contributed by atoms with van der Waals surface area (Å²) >= 11 is 0. The first kappa shape index (κ1) is 29.3. The van der Waals surface area contributed by atoms with Crippen LogP contribution in [0.2, 0.25) is 0 Å². The van der Waals surface area contributed by atoms with Gasteiger partial charge in [-0.3, -0.25) is 19.2 Å². The summed E-state index contributed by atoms with van der Waals surface area (Å²) in [6, 6.07) is 5.42. The van der Waals surface area contributed by atoms with Crippen LogP contribution >= 0.6 is 0 Å². The number of aromatic nitrogens is 2. The Morgan fingerprint density at radius 2 is 1.05 bits per heavy atom. The minimum Gasteiger partial charge on any atom is -0.464 e. The fraction of sp³-hybridized carbons (Fsp3) is 0.214. The van der Waals surface area contributed by atoms with E-state index in [4.69, 9.17) is 28.4 Å². The Bertz CT molecular complexity index is 1680. The van der Waals surface area contributed by atoms with Crippen molar-refractivity contribution in [2.45, 2.75) is 27.7 Å². The first-order valence-electron chi connectivity index (χ1n) is 12.1. The molecule has 0 unspecified atom stereocenters. The van der Waals surface area contributed by atoms with Gasteiger partial charge < -0.3 is 38.4 Å². The van der Waals surface area contributed by atoms with Crippen LogP contribution in [0.15, 0.2) is 24.3 Å². The fourth-order valence-electron chi connectivity index (χ4n) is 4.35. The molecule has 2 aromatic heterocycles. The minimum atomic E-state index is -0.825. The zero-order valence-corrected chi connectivity index (χ0v) is 23.2. The molecule has 218 valence electrons. The maximum absolute atomic E-state index is 12.5. The van der Waals surface area contributed by atoms with E-state index in [2.05, 4.69) is 9.97 Å². The normalized spacial score (nSPS) is 10.7. The van der Waals surface area contributed by atoms with Crippen molar-refractivity contribution < 1.29 is 57.2 Å². The predicted octanol–water partition coefficient (Wildman–Crippen LogP) is 3.59. The van der Waals surface area contributed by atoms with Gasteiger partial charge >= 0.3 is 35.8 Å². The molecule has 0 aliphatic heterocycles. The molecule has 4 aromatic rings. The topological polar surface area (TPSA) is 189 Å². The SMILES string of the molecule is COC(=O)c1cc2c(-c3c(OC(C)=O)c(OC(C)=O)cc4cc(C(=O)OC)[nH]c34)c(OC(C)=O)c(OC(C)=O)cc2[nH]1. The molecule has 0 aliphatic carbocycles. The number of rotatable bonds is 7. The molecular weight excluding hydrogens is 556 g/mol. The molecule has 0 amide bonds. The van der Waals surface area contributed by atoms with E-state index in [9.17, 15) is 28.8 Å². The molecule has 0 radical (unpaired) electrons. The minimum absolute atomic E-state index is 0.0340. The van der Waals surface area contributed by atoms with Gasteiger partial charge in [-0.15, -0.1) is 0 Å². The van der Waals surface area contributed by atoms with Gasteiger partial charge in [0.05, 0.1) is 30.8 Å². The Labute approximate surface area is 236 Å². The van der Waals surface area contributed by atoms with Crippen molar-refractivity contribution in [2.24, 2.45) is 0 Å². The van der Waals surface area contributed by atoms with E-state index in [0.717, 1.165) is 27.7 Å². The summed E-state index contributed by atoms with van der Waals surface area (Å²) in [5, 5.41) is 0.479. The highest BCUT2D eigenvalue weighted by Crippen LogP contribution is 2.52. The summed E-state index contributed by atoms with van der Waals surface area (Å²) in [6.45, 7) is 4.44. The second-order valence-corrected chi connectivity index (χ2v) is 8.81. The maximum Gasteiger partial charge on any atom is 0.354 e. The van der Waals surface area contributed by atoms with E-state index in [1.165, 1.54) is 38.5 Å². The number of methoxy groups -OCH3 is 2. The average molecular weight is 581 g/mol. The van der Waals surface area contributed by atoms with Gasteiger partial charge in [-0.1, -0.05) is 0 Å². The monoisotopic (exact) mass is 580 g/mol. The lowest BCUT2D eigenvalue weighted by Gasteiger charge is -2.19. The van der Waals surface area contributed by atoms with Crippen molar-refractivity contribution in [2.75, 3.05) is 14.2 Å². The summed E-state index contributed by atoms with van der Waals surface area (Å²) in [5.41, 5.74) is 0.174. The van der Waals surface area contributed by atoms with Crippen molar-refractivity contribution in [1.82, 2.24) is 9.97 Å². The van der Waals surface area contributed by atoms with E-state index >= 15 is 0 Å². The number of ether oxygens (including phenoxy) is 6.